The van der Waals surface area contributed by atoms with E-state index in [1.54, 1.807) is 30.3 Å². The van der Waals surface area contributed by atoms with E-state index in [1.165, 1.54) is 17.4 Å². The van der Waals surface area contributed by atoms with Gasteiger partial charge in [-0.2, -0.15) is 13.2 Å². The molecule has 10 nitrogen and oxygen atoms in total. The fourth-order valence-corrected chi connectivity index (χ4v) is 7.22. The molecule has 2 saturated heterocycles. The number of aromatic nitrogens is 1. The fourth-order valence-electron chi connectivity index (χ4n) is 4.94. The zero-order chi connectivity index (χ0) is 31.2. The summed E-state index contributed by atoms with van der Waals surface area (Å²) in [7, 11) is -1.61. The Bertz CT molecular complexity index is 1500. The molecule has 0 saturated carbocycles. The van der Waals surface area contributed by atoms with Gasteiger partial charge < -0.3 is 20.1 Å². The molecule has 236 valence electrons. The summed E-state index contributed by atoms with van der Waals surface area (Å²) in [5, 5.41) is 11.2. The minimum absolute atomic E-state index is 0.0367. The minimum Gasteiger partial charge on any atom is -0.475 e. The number of alkyl halides is 3. The molecule has 0 amide bonds. The van der Waals surface area contributed by atoms with Gasteiger partial charge >= 0.3 is 12.1 Å². The van der Waals surface area contributed by atoms with E-state index in [-0.39, 0.29) is 22.8 Å². The van der Waals surface area contributed by atoms with E-state index < -0.39 is 22.2 Å². The first-order chi connectivity index (χ1) is 20.3. The molecule has 0 spiro atoms. The molecular formula is C27H33F4N5O5S2. The van der Waals surface area contributed by atoms with E-state index in [4.69, 9.17) is 14.6 Å². The topological polar surface area (TPSA) is 124 Å². The van der Waals surface area contributed by atoms with E-state index in [0.717, 1.165) is 48.3 Å². The molecular weight excluding hydrogens is 614 g/mol. The summed E-state index contributed by atoms with van der Waals surface area (Å²) >= 11 is 1.42. The number of carboxylic acid groups (broad SMARTS) is 1. The number of rotatable bonds is 8. The number of piperidine rings is 1. The van der Waals surface area contributed by atoms with Crippen molar-refractivity contribution in [3.63, 3.8) is 0 Å². The van der Waals surface area contributed by atoms with E-state index in [1.807, 2.05) is 13.1 Å². The van der Waals surface area contributed by atoms with Gasteiger partial charge in [0.1, 0.15) is 5.82 Å². The molecule has 2 aromatic carbocycles. The predicted molar refractivity (Wildman–Crippen MR) is 154 cm³/mol. The molecule has 0 aliphatic carbocycles. The maximum Gasteiger partial charge on any atom is 0.490 e. The normalized spacial score (nSPS) is 19.4. The van der Waals surface area contributed by atoms with Crippen LogP contribution in [-0.2, 0) is 19.6 Å². The van der Waals surface area contributed by atoms with E-state index in [9.17, 15) is 26.0 Å². The van der Waals surface area contributed by atoms with E-state index in [0.29, 0.717) is 31.4 Å². The lowest BCUT2D eigenvalue weighted by molar-refractivity contribution is -0.192. The number of morpholine rings is 1. The van der Waals surface area contributed by atoms with Gasteiger partial charge in [-0.3, -0.25) is 4.90 Å². The first kappa shape index (κ1) is 33.0. The smallest absolute Gasteiger partial charge is 0.475 e. The van der Waals surface area contributed by atoms with Crippen molar-refractivity contribution in [1.82, 2.24) is 19.5 Å². The zero-order valence-corrected chi connectivity index (χ0v) is 24.9. The van der Waals surface area contributed by atoms with Crippen molar-refractivity contribution in [2.45, 2.75) is 36.0 Å². The number of sulfonamides is 1. The Morgan fingerprint density at radius 1 is 1.19 bits per heavy atom. The number of nitrogens with one attached hydrogen (secondary N) is 2. The van der Waals surface area contributed by atoms with Crippen LogP contribution in [0.2, 0.25) is 0 Å². The lowest BCUT2D eigenvalue weighted by atomic mass is 10.0. The summed E-state index contributed by atoms with van der Waals surface area (Å²) in [5.41, 5.74) is 1.64. The number of benzene rings is 2. The monoisotopic (exact) mass is 647 g/mol. The number of ether oxygens (including phenoxy) is 1. The summed E-state index contributed by atoms with van der Waals surface area (Å²) in [4.78, 5) is 18.2. The van der Waals surface area contributed by atoms with Crippen molar-refractivity contribution in [3.05, 3.63) is 53.8 Å². The third-order valence-corrected chi connectivity index (χ3v) is 9.52. The van der Waals surface area contributed by atoms with Gasteiger partial charge in [-0.25, -0.2) is 27.3 Å². The number of anilines is 1. The number of carboxylic acids is 1. The van der Waals surface area contributed by atoms with Crippen LogP contribution >= 0.6 is 11.3 Å². The highest BCUT2D eigenvalue weighted by molar-refractivity contribution is 7.89. The third-order valence-electron chi connectivity index (χ3n) is 7.03. The Morgan fingerprint density at radius 3 is 2.56 bits per heavy atom. The highest BCUT2D eigenvalue weighted by Gasteiger charge is 2.38. The van der Waals surface area contributed by atoms with Gasteiger partial charge in [0.25, 0.3) is 0 Å². The second-order valence-electron chi connectivity index (χ2n) is 10.3. The summed E-state index contributed by atoms with van der Waals surface area (Å²) in [5.74, 6) is -3.01. The van der Waals surface area contributed by atoms with E-state index in [2.05, 4.69) is 24.8 Å². The van der Waals surface area contributed by atoms with Crippen molar-refractivity contribution < 1.29 is 40.6 Å². The van der Waals surface area contributed by atoms with Gasteiger partial charge in [-0.05, 0) is 62.3 Å². The van der Waals surface area contributed by atoms with Crippen LogP contribution < -0.4 is 10.0 Å². The number of likely N-dealkylation sites (N-methyl/N-ethyl adjacent to an activating group) is 1. The van der Waals surface area contributed by atoms with Crippen LogP contribution in [0, 0.1) is 5.82 Å². The lowest BCUT2D eigenvalue weighted by Gasteiger charge is -2.34. The molecule has 2 atom stereocenters. The SMILES string of the molecule is CN1CCCC(NS(=O)(=O)c2ccc3nc(NCC(c4cccc(F)c4)N4CCOCC4)sc3c2)C1.O=C(O)C(F)(F)F. The van der Waals surface area contributed by atoms with Crippen LogP contribution in [-0.4, -0.2) is 99.5 Å². The van der Waals surface area contributed by atoms with Crippen LogP contribution in [0.15, 0.2) is 47.4 Å². The summed E-state index contributed by atoms with van der Waals surface area (Å²) in [6.45, 7) is 5.09. The van der Waals surface area contributed by atoms with Gasteiger partial charge in [-0.15, -0.1) is 0 Å². The Kier molecular flexibility index (Phi) is 10.9. The van der Waals surface area contributed by atoms with Crippen LogP contribution in [0.1, 0.15) is 24.4 Å². The average Bonchev–Trinajstić information content (AvgIpc) is 3.36. The highest BCUT2D eigenvalue weighted by atomic mass is 32.2. The van der Waals surface area contributed by atoms with Gasteiger partial charge in [0.05, 0.1) is 34.4 Å². The first-order valence-electron chi connectivity index (χ1n) is 13.5. The van der Waals surface area contributed by atoms with Gasteiger partial charge in [0, 0.05) is 32.2 Å². The molecule has 0 radical (unpaired) electrons. The van der Waals surface area contributed by atoms with Crippen LogP contribution in [0.4, 0.5) is 22.7 Å². The molecule has 5 rings (SSSR count). The van der Waals surface area contributed by atoms with Crippen molar-refractivity contribution in [2.75, 3.05) is 58.3 Å². The van der Waals surface area contributed by atoms with Crippen LogP contribution in [0.5, 0.6) is 0 Å². The molecule has 43 heavy (non-hydrogen) atoms. The van der Waals surface area contributed by atoms with Crippen LogP contribution in [0.25, 0.3) is 10.2 Å². The maximum atomic E-state index is 14.0. The standard InChI is InChI=1S/C25H32FN5O3S2.C2HF3O2/c1-30-9-3-6-20(17-30)29-36(32,33)21-7-8-22-24(15-21)35-25(28-22)27-16-23(31-10-12-34-13-11-31)18-4-2-5-19(26)14-18;3-2(4,5)1(6)7/h2,4-5,7-8,14-15,20,23,29H,3,6,9-13,16-17H2,1H3,(H,27,28);(H,6,7). The molecule has 2 aliphatic heterocycles. The van der Waals surface area contributed by atoms with Gasteiger partial charge in [-0.1, -0.05) is 23.5 Å². The first-order valence-corrected chi connectivity index (χ1v) is 15.8. The number of thiazole rings is 1. The molecule has 3 N–H and O–H groups in total. The summed E-state index contributed by atoms with van der Waals surface area (Å²) in [6.07, 6.45) is -3.26. The lowest BCUT2D eigenvalue weighted by Crippen LogP contribution is -2.46. The van der Waals surface area contributed by atoms with Crippen molar-refractivity contribution in [3.8, 4) is 0 Å². The molecule has 2 unspecified atom stereocenters. The summed E-state index contributed by atoms with van der Waals surface area (Å²) < 4.78 is 80.9. The Balaban J connectivity index is 0.000000541. The van der Waals surface area contributed by atoms with Crippen molar-refractivity contribution in [2.24, 2.45) is 0 Å². The molecule has 0 bridgehead atoms. The number of hydrogen-bond donors (Lipinski definition) is 3. The number of nitrogens with zero attached hydrogens (tertiary/aromatic N) is 3. The maximum absolute atomic E-state index is 14.0. The Morgan fingerprint density at radius 2 is 1.91 bits per heavy atom. The number of fused-ring (bicyclic) bond motifs is 1. The van der Waals surface area contributed by atoms with Crippen molar-refractivity contribution in [1.29, 1.82) is 0 Å². The Hall–Kier alpha value is -2.89. The number of carbonyl (C=O) groups is 1. The molecule has 2 fully saturated rings. The van der Waals surface area contributed by atoms with Crippen molar-refractivity contribution >= 4 is 42.7 Å². The quantitative estimate of drug-likeness (QED) is 0.312. The number of hydrogen-bond acceptors (Lipinski definition) is 9. The molecule has 3 aromatic rings. The largest absolute Gasteiger partial charge is 0.490 e. The van der Waals surface area contributed by atoms with E-state index >= 15 is 0 Å². The van der Waals surface area contributed by atoms with Crippen LogP contribution in [0.3, 0.4) is 0 Å². The van der Waals surface area contributed by atoms with Gasteiger partial charge in [0.15, 0.2) is 5.13 Å². The number of aliphatic carboxylic acids is 1. The second kappa shape index (κ2) is 14.3. The minimum atomic E-state index is -5.08. The van der Waals surface area contributed by atoms with Gasteiger partial charge in [0.2, 0.25) is 10.0 Å². The number of halogens is 4. The molecule has 3 heterocycles. The number of likely N-dealkylation sites (tertiary alicyclic amines) is 1. The Labute approximate surface area is 250 Å². The fraction of sp³-hybridized carbons (Fsp3) is 0.481. The third kappa shape index (κ3) is 9.30. The summed E-state index contributed by atoms with van der Waals surface area (Å²) in [6, 6.07) is 11.7. The predicted octanol–water partition coefficient (Wildman–Crippen LogP) is 3.93. The second-order valence-corrected chi connectivity index (χ2v) is 13.0. The highest BCUT2D eigenvalue weighted by Crippen LogP contribution is 2.30. The zero-order valence-electron chi connectivity index (χ0n) is 23.3. The average molecular weight is 648 g/mol. The molecule has 16 heteroatoms. The molecule has 1 aromatic heterocycles. The molecule has 2 aliphatic rings.